The zero-order chi connectivity index (χ0) is 19.4. The number of aliphatic hydroxyl groups excluding tert-OH is 1. The van der Waals surface area contributed by atoms with Crippen molar-refractivity contribution in [2.75, 3.05) is 19.7 Å². The van der Waals surface area contributed by atoms with Crippen LogP contribution in [0.2, 0.25) is 0 Å². The molecule has 0 radical (unpaired) electrons. The summed E-state index contributed by atoms with van der Waals surface area (Å²) in [5, 5.41) is 17.5. The lowest BCUT2D eigenvalue weighted by atomic mass is 9.97. The third-order valence-corrected chi connectivity index (χ3v) is 5.04. The van der Waals surface area contributed by atoms with E-state index in [9.17, 15) is 9.90 Å². The van der Waals surface area contributed by atoms with Gasteiger partial charge in [0.05, 0.1) is 5.69 Å². The van der Waals surface area contributed by atoms with Crippen LogP contribution in [0.15, 0.2) is 12.1 Å². The van der Waals surface area contributed by atoms with Crippen molar-refractivity contribution in [1.29, 1.82) is 0 Å². The first-order valence-corrected chi connectivity index (χ1v) is 9.39. The molecule has 3 heterocycles. The molecule has 8 heteroatoms. The van der Waals surface area contributed by atoms with Crippen LogP contribution in [0.3, 0.4) is 0 Å². The Kier molecular flexibility index (Phi) is 6.05. The molecule has 1 saturated heterocycles. The van der Waals surface area contributed by atoms with E-state index in [0.29, 0.717) is 18.1 Å². The molecule has 1 atom stereocenters. The molecule has 2 aromatic rings. The second-order valence-corrected chi connectivity index (χ2v) is 6.91. The fraction of sp³-hybridized carbons (Fsp3) is 0.579. The van der Waals surface area contributed by atoms with E-state index in [1.807, 2.05) is 42.5 Å². The Bertz CT molecular complexity index is 805. The number of aryl methyl sites for hydroxylation is 2. The van der Waals surface area contributed by atoms with Crippen molar-refractivity contribution < 1.29 is 14.6 Å². The molecule has 0 spiro atoms. The Morgan fingerprint density at radius 3 is 2.89 bits per heavy atom. The number of carbonyl (C=O) groups is 1. The maximum absolute atomic E-state index is 12.7. The average Bonchev–Trinajstić information content (AvgIpc) is 3.07. The van der Waals surface area contributed by atoms with Crippen LogP contribution in [0.4, 0.5) is 0 Å². The number of piperidine rings is 1. The summed E-state index contributed by atoms with van der Waals surface area (Å²) in [5.41, 5.74) is 1.81. The Morgan fingerprint density at radius 1 is 1.37 bits per heavy atom. The van der Waals surface area contributed by atoms with Gasteiger partial charge in [-0.25, -0.2) is 0 Å². The Balaban J connectivity index is 1.62. The van der Waals surface area contributed by atoms with E-state index < -0.39 is 0 Å². The third kappa shape index (κ3) is 4.27. The molecule has 146 valence electrons. The van der Waals surface area contributed by atoms with Gasteiger partial charge in [0.2, 0.25) is 0 Å². The second-order valence-electron chi connectivity index (χ2n) is 6.91. The molecule has 0 aliphatic carbocycles. The Hall–Kier alpha value is -2.48. The highest BCUT2D eigenvalue weighted by molar-refractivity contribution is 5.78. The van der Waals surface area contributed by atoms with Gasteiger partial charge >= 0.3 is 0 Å². The lowest BCUT2D eigenvalue weighted by molar-refractivity contribution is -0.134. The van der Waals surface area contributed by atoms with Gasteiger partial charge in [-0.15, -0.1) is 10.2 Å². The molecule has 8 nitrogen and oxygen atoms in total. The summed E-state index contributed by atoms with van der Waals surface area (Å²) in [4.78, 5) is 19.0. The van der Waals surface area contributed by atoms with Crippen LogP contribution in [0.1, 0.15) is 48.7 Å². The molecule has 1 fully saturated rings. The van der Waals surface area contributed by atoms with Crippen molar-refractivity contribution >= 4 is 5.91 Å². The highest BCUT2D eigenvalue weighted by Crippen LogP contribution is 2.26. The number of amides is 1. The summed E-state index contributed by atoms with van der Waals surface area (Å²) in [6.07, 6.45) is 2.62. The van der Waals surface area contributed by atoms with Crippen LogP contribution in [0, 0.1) is 6.92 Å². The second kappa shape index (κ2) is 8.47. The number of hydrogen-bond donors (Lipinski definition) is 1. The molecule has 0 bridgehead atoms. The van der Waals surface area contributed by atoms with Crippen molar-refractivity contribution in [2.24, 2.45) is 7.05 Å². The van der Waals surface area contributed by atoms with Crippen molar-refractivity contribution in [2.45, 2.75) is 45.6 Å². The van der Waals surface area contributed by atoms with Crippen LogP contribution in [-0.2, 0) is 24.9 Å². The minimum atomic E-state index is -0.142. The number of likely N-dealkylation sites (tertiary alicyclic amines) is 1. The number of nitrogens with zero attached hydrogens (tertiary/aromatic N) is 5. The average molecular weight is 373 g/mol. The van der Waals surface area contributed by atoms with Gasteiger partial charge in [-0.2, -0.15) is 0 Å². The van der Waals surface area contributed by atoms with Gasteiger partial charge in [0.1, 0.15) is 18.2 Å². The number of rotatable bonds is 6. The molecule has 0 aromatic carbocycles. The molecule has 2 aromatic heterocycles. The highest BCUT2D eigenvalue weighted by Gasteiger charge is 2.28. The molecular weight excluding hydrogens is 346 g/mol. The number of aromatic nitrogens is 4. The van der Waals surface area contributed by atoms with Gasteiger partial charge < -0.3 is 19.3 Å². The van der Waals surface area contributed by atoms with Crippen LogP contribution in [0.5, 0.6) is 5.75 Å². The summed E-state index contributed by atoms with van der Waals surface area (Å²) in [6.45, 7) is 5.13. The smallest absolute Gasteiger partial charge is 0.260 e. The van der Waals surface area contributed by atoms with Crippen LogP contribution < -0.4 is 4.74 Å². The number of aliphatic hydroxyl groups is 1. The van der Waals surface area contributed by atoms with Crippen molar-refractivity contribution in [3.63, 3.8) is 0 Å². The molecular formula is C19H27N5O3. The van der Waals surface area contributed by atoms with E-state index in [4.69, 9.17) is 4.74 Å². The van der Waals surface area contributed by atoms with E-state index in [2.05, 4.69) is 15.2 Å². The number of carbonyl (C=O) groups excluding carboxylic acids is 1. The lowest BCUT2D eigenvalue weighted by Gasteiger charge is -2.32. The lowest BCUT2D eigenvalue weighted by Crippen LogP contribution is -2.42. The normalized spacial score (nSPS) is 17.2. The van der Waals surface area contributed by atoms with Crippen molar-refractivity contribution in [1.82, 2.24) is 24.6 Å². The molecule has 1 amide bonds. The van der Waals surface area contributed by atoms with Crippen molar-refractivity contribution in [3.8, 4) is 5.75 Å². The minimum Gasteiger partial charge on any atom is -0.482 e. The maximum atomic E-state index is 12.7. The van der Waals surface area contributed by atoms with Gasteiger partial charge in [0, 0.05) is 31.7 Å². The SMILES string of the molecule is CCc1nc(C)ccc1OCC(=O)N1CCCC(c2nnc(CO)n2C)C1. The fourth-order valence-electron chi connectivity index (χ4n) is 3.50. The molecule has 0 saturated carbocycles. The first-order valence-electron chi connectivity index (χ1n) is 9.39. The zero-order valence-electron chi connectivity index (χ0n) is 16.2. The van der Waals surface area contributed by atoms with E-state index in [1.165, 1.54) is 0 Å². The van der Waals surface area contributed by atoms with Gasteiger partial charge in [-0.1, -0.05) is 6.92 Å². The first kappa shape index (κ1) is 19.3. The number of ether oxygens (including phenoxy) is 1. The van der Waals surface area contributed by atoms with Crippen LogP contribution in [-0.4, -0.2) is 55.4 Å². The molecule has 3 rings (SSSR count). The van der Waals surface area contributed by atoms with E-state index >= 15 is 0 Å². The van der Waals surface area contributed by atoms with Gasteiger partial charge in [0.15, 0.2) is 12.4 Å². The fourth-order valence-corrected chi connectivity index (χ4v) is 3.50. The molecule has 1 aliphatic heterocycles. The van der Waals surface area contributed by atoms with Gasteiger partial charge in [-0.3, -0.25) is 9.78 Å². The predicted octanol–water partition coefficient (Wildman–Crippen LogP) is 1.36. The largest absolute Gasteiger partial charge is 0.482 e. The predicted molar refractivity (Wildman–Crippen MR) is 99.3 cm³/mol. The quantitative estimate of drug-likeness (QED) is 0.822. The summed E-state index contributed by atoms with van der Waals surface area (Å²) in [5.74, 6) is 2.11. The summed E-state index contributed by atoms with van der Waals surface area (Å²) >= 11 is 0. The standard InChI is InChI=1S/C19H27N5O3/c1-4-15-16(8-7-13(2)20-15)27-12-18(26)24-9-5-6-14(10-24)19-22-21-17(11-25)23(19)3/h7-8,14,25H,4-6,9-12H2,1-3H3. The Morgan fingerprint density at radius 2 is 2.19 bits per heavy atom. The van der Waals surface area contributed by atoms with E-state index in [-0.39, 0.29) is 25.0 Å². The molecule has 1 unspecified atom stereocenters. The Labute approximate surface area is 159 Å². The van der Waals surface area contributed by atoms with Crippen LogP contribution >= 0.6 is 0 Å². The number of hydrogen-bond acceptors (Lipinski definition) is 6. The highest BCUT2D eigenvalue weighted by atomic mass is 16.5. The monoisotopic (exact) mass is 373 g/mol. The third-order valence-electron chi connectivity index (χ3n) is 5.04. The molecule has 1 N–H and O–H groups in total. The topological polar surface area (TPSA) is 93.4 Å². The minimum absolute atomic E-state index is 0.00513. The van der Waals surface area contributed by atoms with Crippen molar-refractivity contribution in [3.05, 3.63) is 35.2 Å². The summed E-state index contributed by atoms with van der Waals surface area (Å²) in [7, 11) is 1.85. The van der Waals surface area contributed by atoms with E-state index in [1.54, 1.807) is 0 Å². The zero-order valence-corrected chi connectivity index (χ0v) is 16.2. The summed E-state index contributed by atoms with van der Waals surface area (Å²) in [6, 6.07) is 3.77. The van der Waals surface area contributed by atoms with Gasteiger partial charge in [-0.05, 0) is 38.3 Å². The first-order chi connectivity index (χ1) is 13.0. The van der Waals surface area contributed by atoms with Gasteiger partial charge in [0.25, 0.3) is 5.91 Å². The molecule has 27 heavy (non-hydrogen) atoms. The maximum Gasteiger partial charge on any atom is 0.260 e. The summed E-state index contributed by atoms with van der Waals surface area (Å²) < 4.78 is 7.58. The molecule has 1 aliphatic rings. The van der Waals surface area contributed by atoms with E-state index in [0.717, 1.165) is 43.0 Å². The number of pyridine rings is 1. The van der Waals surface area contributed by atoms with Crippen LogP contribution in [0.25, 0.3) is 0 Å².